The van der Waals surface area contributed by atoms with Gasteiger partial charge in [0.15, 0.2) is 0 Å². The number of likely N-dealkylation sites (tertiary alicyclic amines) is 1. The van der Waals surface area contributed by atoms with E-state index in [0.717, 1.165) is 17.7 Å². The lowest BCUT2D eigenvalue weighted by Crippen LogP contribution is -2.52. The van der Waals surface area contributed by atoms with Gasteiger partial charge in [-0.3, -0.25) is 19.9 Å². The second-order valence-electron chi connectivity index (χ2n) is 9.57. The van der Waals surface area contributed by atoms with Gasteiger partial charge in [-0.1, -0.05) is 13.0 Å². The van der Waals surface area contributed by atoms with Crippen molar-refractivity contribution in [3.63, 3.8) is 0 Å². The Morgan fingerprint density at radius 1 is 1.09 bits per heavy atom. The molecule has 0 spiro atoms. The first kappa shape index (κ1) is 23.7. The van der Waals surface area contributed by atoms with Crippen LogP contribution in [-0.2, 0) is 23.4 Å². The van der Waals surface area contributed by atoms with Crippen molar-refractivity contribution in [3.8, 4) is 0 Å². The highest BCUT2D eigenvalue weighted by atomic mass is 19.4. The summed E-state index contributed by atoms with van der Waals surface area (Å²) in [6, 6.07) is 0.315. The molecule has 10 heteroatoms. The standard InChI is InChI=1S/C25H24F5N3O2/c1-2-13-7-8-31-19(9-13)23(35)33-20-10-15(20)11-21(33)22(34)32-25(29,30)18-6-5-16(24(26,27)28)12-17(18)14-3-4-14/h5-9,12,14-15,20-21H,2-4,10-11H2,1H3,(H,32,34)/t15-,20-,21-/m1/s1. The molecule has 2 amide bonds. The molecule has 3 fully saturated rings. The Morgan fingerprint density at radius 2 is 1.83 bits per heavy atom. The summed E-state index contributed by atoms with van der Waals surface area (Å²) in [4.78, 5) is 31.6. The molecule has 2 heterocycles. The summed E-state index contributed by atoms with van der Waals surface area (Å²) in [6.45, 7) is 1.92. The van der Waals surface area contributed by atoms with Crippen LogP contribution in [0.5, 0.6) is 0 Å². The van der Waals surface area contributed by atoms with E-state index in [0.29, 0.717) is 31.7 Å². The van der Waals surface area contributed by atoms with Crippen molar-refractivity contribution in [1.82, 2.24) is 15.2 Å². The normalized spacial score (nSPS) is 23.7. The molecule has 0 unspecified atom stereocenters. The topological polar surface area (TPSA) is 62.3 Å². The van der Waals surface area contributed by atoms with Crippen LogP contribution in [0.1, 0.15) is 71.3 Å². The molecule has 186 valence electrons. The summed E-state index contributed by atoms with van der Waals surface area (Å²) in [5, 5.41) is 1.73. The fraction of sp³-hybridized carbons (Fsp3) is 0.480. The number of rotatable bonds is 6. The van der Waals surface area contributed by atoms with Gasteiger partial charge in [0.2, 0.25) is 5.91 Å². The van der Waals surface area contributed by atoms with E-state index in [2.05, 4.69) is 4.98 Å². The summed E-state index contributed by atoms with van der Waals surface area (Å²) in [5.41, 5.74) is -0.704. The van der Waals surface area contributed by atoms with Gasteiger partial charge in [-0.2, -0.15) is 22.0 Å². The molecule has 1 N–H and O–H groups in total. The van der Waals surface area contributed by atoms with Gasteiger partial charge in [0.1, 0.15) is 11.7 Å². The molecule has 2 aromatic rings. The number of amides is 2. The van der Waals surface area contributed by atoms with E-state index in [1.54, 1.807) is 17.4 Å². The summed E-state index contributed by atoms with van der Waals surface area (Å²) >= 11 is 0. The number of aryl methyl sites for hydroxylation is 1. The number of halogens is 5. The molecule has 1 saturated heterocycles. The van der Waals surface area contributed by atoms with Gasteiger partial charge in [-0.05, 0) is 79.3 Å². The molecule has 1 aliphatic heterocycles. The molecule has 2 saturated carbocycles. The predicted octanol–water partition coefficient (Wildman–Crippen LogP) is 5.01. The van der Waals surface area contributed by atoms with E-state index in [4.69, 9.17) is 0 Å². The van der Waals surface area contributed by atoms with E-state index in [1.165, 1.54) is 11.1 Å². The van der Waals surface area contributed by atoms with Crippen molar-refractivity contribution in [2.24, 2.45) is 5.92 Å². The Hall–Kier alpha value is -3.04. The molecule has 0 bridgehead atoms. The molecule has 5 nitrogen and oxygen atoms in total. The maximum atomic E-state index is 15.3. The first-order chi connectivity index (χ1) is 16.5. The van der Waals surface area contributed by atoms with Crippen molar-refractivity contribution >= 4 is 11.8 Å². The van der Waals surface area contributed by atoms with Crippen molar-refractivity contribution < 1.29 is 31.5 Å². The lowest BCUT2D eigenvalue weighted by Gasteiger charge is -2.29. The molecular formula is C25H24F5N3O2. The molecule has 3 atom stereocenters. The number of piperidine rings is 1. The van der Waals surface area contributed by atoms with Crippen LogP contribution >= 0.6 is 0 Å². The number of benzene rings is 1. The lowest BCUT2D eigenvalue weighted by molar-refractivity contribution is -0.140. The molecule has 0 radical (unpaired) electrons. The van der Waals surface area contributed by atoms with Gasteiger partial charge in [0.25, 0.3) is 5.91 Å². The third-order valence-corrected chi connectivity index (χ3v) is 7.11. The van der Waals surface area contributed by atoms with Crippen LogP contribution in [0.15, 0.2) is 36.5 Å². The number of hydrogen-bond donors (Lipinski definition) is 1. The number of fused-ring (bicyclic) bond motifs is 1. The highest BCUT2D eigenvalue weighted by molar-refractivity contribution is 5.97. The molecule has 2 aliphatic carbocycles. The molecular weight excluding hydrogens is 469 g/mol. The van der Waals surface area contributed by atoms with Crippen LogP contribution in [0.25, 0.3) is 0 Å². The van der Waals surface area contributed by atoms with Gasteiger partial charge in [-0.15, -0.1) is 0 Å². The first-order valence-corrected chi connectivity index (χ1v) is 11.7. The van der Waals surface area contributed by atoms with Crippen molar-refractivity contribution in [1.29, 1.82) is 0 Å². The largest absolute Gasteiger partial charge is 0.416 e. The Kier molecular flexibility index (Phi) is 5.60. The van der Waals surface area contributed by atoms with Crippen LogP contribution in [0.3, 0.4) is 0 Å². The Bertz CT molecular complexity index is 1180. The molecule has 5 rings (SSSR count). The molecule has 3 aliphatic rings. The van der Waals surface area contributed by atoms with E-state index >= 15 is 8.78 Å². The van der Waals surface area contributed by atoms with Crippen LogP contribution in [0.2, 0.25) is 0 Å². The zero-order valence-corrected chi connectivity index (χ0v) is 18.9. The van der Waals surface area contributed by atoms with E-state index < -0.39 is 47.1 Å². The number of aromatic nitrogens is 1. The fourth-order valence-electron chi connectivity index (χ4n) is 4.99. The van der Waals surface area contributed by atoms with Crippen LogP contribution in [0, 0.1) is 5.92 Å². The minimum absolute atomic E-state index is 0.0609. The SMILES string of the molecule is CCc1ccnc(C(=O)N2[C@@H](C(=O)NC(F)(F)c3ccc(C(F)(F)F)cc3C3CC3)C[C@H]3C[C@H]32)c1. The summed E-state index contributed by atoms with van der Waals surface area (Å²) in [6.07, 6.45) is -0.498. The van der Waals surface area contributed by atoms with Crippen molar-refractivity contribution in [3.05, 3.63) is 64.5 Å². The number of nitrogens with zero attached hydrogens (tertiary/aromatic N) is 2. The maximum Gasteiger partial charge on any atom is 0.416 e. The van der Waals surface area contributed by atoms with Gasteiger partial charge in [0, 0.05) is 17.8 Å². The second-order valence-corrected chi connectivity index (χ2v) is 9.57. The number of alkyl halides is 5. The zero-order chi connectivity index (χ0) is 25.1. The third kappa shape index (κ3) is 4.50. The summed E-state index contributed by atoms with van der Waals surface area (Å²) in [5.74, 6) is -1.85. The number of pyridine rings is 1. The fourth-order valence-corrected chi connectivity index (χ4v) is 4.99. The Labute approximate surface area is 198 Å². The quantitative estimate of drug-likeness (QED) is 0.455. The van der Waals surface area contributed by atoms with Crippen LogP contribution in [-0.4, -0.2) is 33.8 Å². The second kappa shape index (κ2) is 8.27. The minimum atomic E-state index is -4.66. The predicted molar refractivity (Wildman–Crippen MR) is 116 cm³/mol. The van der Waals surface area contributed by atoms with Crippen LogP contribution in [0.4, 0.5) is 22.0 Å². The average molecular weight is 493 g/mol. The zero-order valence-electron chi connectivity index (χ0n) is 18.9. The van der Waals surface area contributed by atoms with Crippen LogP contribution < -0.4 is 5.32 Å². The number of carbonyl (C=O) groups is 2. The van der Waals surface area contributed by atoms with Gasteiger partial charge in [-0.25, -0.2) is 0 Å². The lowest BCUT2D eigenvalue weighted by atomic mass is 9.98. The molecule has 1 aromatic carbocycles. The molecule has 35 heavy (non-hydrogen) atoms. The van der Waals surface area contributed by atoms with Gasteiger partial charge >= 0.3 is 12.2 Å². The number of nitrogens with one attached hydrogen (secondary N) is 1. The van der Waals surface area contributed by atoms with E-state index in [-0.39, 0.29) is 29.6 Å². The molecule has 1 aromatic heterocycles. The minimum Gasteiger partial charge on any atom is -0.322 e. The van der Waals surface area contributed by atoms with Crippen molar-refractivity contribution in [2.45, 2.75) is 69.3 Å². The summed E-state index contributed by atoms with van der Waals surface area (Å²) in [7, 11) is 0. The van der Waals surface area contributed by atoms with E-state index in [1.807, 2.05) is 6.92 Å². The van der Waals surface area contributed by atoms with Crippen molar-refractivity contribution in [2.75, 3.05) is 0 Å². The monoisotopic (exact) mass is 493 g/mol. The van der Waals surface area contributed by atoms with E-state index in [9.17, 15) is 22.8 Å². The van der Waals surface area contributed by atoms with Gasteiger partial charge in [0.05, 0.1) is 5.56 Å². The maximum absolute atomic E-state index is 15.3. The highest BCUT2D eigenvalue weighted by Crippen LogP contribution is 2.49. The number of carbonyl (C=O) groups excluding carboxylic acids is 2. The summed E-state index contributed by atoms with van der Waals surface area (Å²) < 4.78 is 70.0. The average Bonchev–Trinajstić information content (AvgIpc) is 3.75. The Balaban J connectivity index is 1.38. The van der Waals surface area contributed by atoms with Gasteiger partial charge < -0.3 is 4.90 Å². The number of hydrogen-bond acceptors (Lipinski definition) is 3. The first-order valence-electron chi connectivity index (χ1n) is 11.7. The smallest absolute Gasteiger partial charge is 0.322 e. The highest BCUT2D eigenvalue weighted by Gasteiger charge is 2.57. The Morgan fingerprint density at radius 3 is 2.49 bits per heavy atom. The third-order valence-electron chi connectivity index (χ3n) is 7.11.